The predicted molar refractivity (Wildman–Crippen MR) is 108 cm³/mol. The van der Waals surface area contributed by atoms with Gasteiger partial charge in [0.15, 0.2) is 0 Å². The lowest BCUT2D eigenvalue weighted by molar-refractivity contribution is 0.571. The average molecular weight is 439 g/mol. The van der Waals surface area contributed by atoms with Gasteiger partial charge in [0.05, 0.1) is 40.7 Å². The summed E-state index contributed by atoms with van der Waals surface area (Å²) in [5.74, 6) is 0. The van der Waals surface area contributed by atoms with Gasteiger partial charge < -0.3 is 0 Å². The van der Waals surface area contributed by atoms with E-state index in [1.54, 1.807) is 13.2 Å². The Balaban J connectivity index is 1.90. The van der Waals surface area contributed by atoms with Gasteiger partial charge in [0.1, 0.15) is 12.1 Å². The molecule has 158 valence electrons. The van der Waals surface area contributed by atoms with Gasteiger partial charge in [0, 0.05) is 18.8 Å². The summed E-state index contributed by atoms with van der Waals surface area (Å²) in [5, 5.41) is 22.3. The molecule has 31 heavy (non-hydrogen) atoms. The van der Waals surface area contributed by atoms with E-state index in [2.05, 4.69) is 9.82 Å². The minimum atomic E-state index is -4.07. The molecule has 12 heteroatoms. The highest BCUT2D eigenvalue weighted by molar-refractivity contribution is 7.89. The number of rotatable bonds is 6. The van der Waals surface area contributed by atoms with Crippen LogP contribution >= 0.6 is 0 Å². The van der Waals surface area contributed by atoms with Crippen LogP contribution in [0, 0.1) is 22.7 Å². The Morgan fingerprint density at radius 2 is 1.97 bits per heavy atom. The van der Waals surface area contributed by atoms with Crippen molar-refractivity contribution in [1.82, 2.24) is 23.6 Å². The van der Waals surface area contributed by atoms with Crippen molar-refractivity contribution in [3.8, 4) is 12.1 Å². The molecule has 0 bridgehead atoms. The van der Waals surface area contributed by atoms with Crippen LogP contribution in [0.2, 0.25) is 0 Å². The van der Waals surface area contributed by atoms with Crippen LogP contribution in [0.5, 0.6) is 0 Å². The largest absolute Gasteiger partial charge is 0.332 e. The van der Waals surface area contributed by atoms with Gasteiger partial charge in [0.2, 0.25) is 10.0 Å². The zero-order chi connectivity index (χ0) is 22.4. The zero-order valence-corrected chi connectivity index (χ0v) is 17.3. The first-order valence-electron chi connectivity index (χ1n) is 9.27. The Morgan fingerprint density at radius 1 is 1.23 bits per heavy atom. The Bertz CT molecular complexity index is 1510. The lowest BCUT2D eigenvalue weighted by Gasteiger charge is -2.14. The topological polar surface area (TPSA) is 156 Å². The molecule has 0 spiro atoms. The number of fused-ring (bicyclic) bond motifs is 1. The number of nitriles is 2. The third kappa shape index (κ3) is 3.63. The summed E-state index contributed by atoms with van der Waals surface area (Å²) in [5.41, 5.74) is -1.73. The molecule has 1 N–H and O–H groups in total. The number of aryl methyl sites for hydroxylation is 1. The van der Waals surface area contributed by atoms with Crippen molar-refractivity contribution >= 4 is 20.9 Å². The molecule has 2 aromatic heterocycles. The monoisotopic (exact) mass is 439 g/mol. The molecule has 1 aliphatic carbocycles. The second-order valence-corrected chi connectivity index (χ2v) is 9.10. The van der Waals surface area contributed by atoms with Gasteiger partial charge in [0.25, 0.3) is 5.56 Å². The number of nitrogens with zero attached hydrogens (tertiary/aromatic N) is 6. The Morgan fingerprint density at radius 3 is 2.55 bits per heavy atom. The maximum Gasteiger partial charge on any atom is 0.332 e. The molecule has 1 saturated carbocycles. The van der Waals surface area contributed by atoms with E-state index in [1.165, 1.54) is 29.1 Å². The molecule has 3 aromatic rings. The van der Waals surface area contributed by atoms with Crippen LogP contribution in [0.1, 0.15) is 18.4 Å². The molecule has 1 fully saturated rings. The third-order valence-corrected chi connectivity index (χ3v) is 6.66. The van der Waals surface area contributed by atoms with E-state index in [-0.39, 0.29) is 28.9 Å². The van der Waals surface area contributed by atoms with Crippen LogP contribution in [0.3, 0.4) is 0 Å². The number of nitrogens with one attached hydrogen (secondary N) is 1. The van der Waals surface area contributed by atoms with E-state index >= 15 is 0 Å². The second kappa shape index (κ2) is 7.19. The summed E-state index contributed by atoms with van der Waals surface area (Å²) < 4.78 is 31.5. The first-order chi connectivity index (χ1) is 14.7. The normalized spacial score (nSPS) is 14.8. The van der Waals surface area contributed by atoms with E-state index in [4.69, 9.17) is 5.26 Å². The molecule has 0 atom stereocenters. The highest BCUT2D eigenvalue weighted by atomic mass is 32.2. The fourth-order valence-electron chi connectivity index (χ4n) is 3.35. The summed E-state index contributed by atoms with van der Waals surface area (Å²) in [6, 6.07) is 7.58. The number of hydrogen-bond donors (Lipinski definition) is 1. The van der Waals surface area contributed by atoms with Crippen molar-refractivity contribution in [3.05, 3.63) is 57.0 Å². The fraction of sp³-hybridized carbons (Fsp3) is 0.316. The molecule has 0 aliphatic heterocycles. The SMILES string of the molecule is Cn1cc(Cn2c(=O)c3cc(S(=O)(=O)NC4(C#N)CC4)ccc3n(CC#N)c2=O)cn1. The molecule has 2 heterocycles. The molecular formula is C19H17N7O4S. The molecule has 1 aliphatic rings. The molecule has 4 rings (SSSR count). The number of aromatic nitrogens is 4. The van der Waals surface area contributed by atoms with Crippen LogP contribution in [0.25, 0.3) is 10.9 Å². The zero-order valence-electron chi connectivity index (χ0n) is 16.4. The fourth-order valence-corrected chi connectivity index (χ4v) is 4.75. The van der Waals surface area contributed by atoms with Crippen molar-refractivity contribution in [1.29, 1.82) is 10.5 Å². The van der Waals surface area contributed by atoms with E-state index in [1.807, 2.05) is 12.1 Å². The minimum Gasteiger partial charge on any atom is -0.279 e. The van der Waals surface area contributed by atoms with Crippen molar-refractivity contribution in [2.24, 2.45) is 7.05 Å². The summed E-state index contributed by atoms with van der Waals surface area (Å²) in [6.45, 7) is -0.399. The highest BCUT2D eigenvalue weighted by Gasteiger charge is 2.46. The molecule has 11 nitrogen and oxygen atoms in total. The number of benzene rings is 1. The van der Waals surface area contributed by atoms with Crippen LogP contribution in [0.4, 0.5) is 0 Å². The van der Waals surface area contributed by atoms with Gasteiger partial charge in [-0.1, -0.05) is 0 Å². The Labute approximate surface area is 176 Å². The standard InChI is InChI=1S/C19H17N7O4S/c1-24-10-13(9-22-24)11-26-17(27)15-8-14(31(29,30)23-19(12-21)4-5-19)2-3-16(15)25(7-6-20)18(26)28/h2-3,8-10,23H,4-5,7,11H2,1H3. The summed E-state index contributed by atoms with van der Waals surface area (Å²) in [6.07, 6.45) is 3.98. The first kappa shape index (κ1) is 20.5. The molecule has 1 aromatic carbocycles. The van der Waals surface area contributed by atoms with E-state index in [9.17, 15) is 23.3 Å². The third-order valence-electron chi connectivity index (χ3n) is 5.13. The molecule has 0 unspecified atom stereocenters. The summed E-state index contributed by atoms with van der Waals surface area (Å²) in [7, 11) is -2.37. The quantitative estimate of drug-likeness (QED) is 0.557. The van der Waals surface area contributed by atoms with Gasteiger partial charge in [-0.2, -0.15) is 20.3 Å². The Kier molecular flexibility index (Phi) is 4.76. The maximum atomic E-state index is 13.1. The van der Waals surface area contributed by atoms with Crippen LogP contribution in [-0.4, -0.2) is 32.9 Å². The lowest BCUT2D eigenvalue weighted by Crippen LogP contribution is -2.40. The van der Waals surface area contributed by atoms with E-state index < -0.39 is 26.8 Å². The van der Waals surface area contributed by atoms with Crippen LogP contribution < -0.4 is 16.0 Å². The number of hydrogen-bond acceptors (Lipinski definition) is 7. The Hall–Kier alpha value is -3.74. The molecule has 0 amide bonds. The van der Waals surface area contributed by atoms with Gasteiger partial charge in [-0.15, -0.1) is 0 Å². The number of sulfonamides is 1. The lowest BCUT2D eigenvalue weighted by atomic mass is 10.2. The first-order valence-corrected chi connectivity index (χ1v) is 10.8. The highest BCUT2D eigenvalue weighted by Crippen LogP contribution is 2.36. The van der Waals surface area contributed by atoms with Crippen LogP contribution in [0.15, 0.2) is 45.1 Å². The summed E-state index contributed by atoms with van der Waals surface area (Å²) in [4.78, 5) is 25.8. The van der Waals surface area contributed by atoms with E-state index in [0.717, 1.165) is 9.13 Å². The van der Waals surface area contributed by atoms with Gasteiger partial charge >= 0.3 is 5.69 Å². The average Bonchev–Trinajstić information content (AvgIpc) is 3.38. The smallest absolute Gasteiger partial charge is 0.279 e. The van der Waals surface area contributed by atoms with Crippen LogP contribution in [-0.2, 0) is 30.2 Å². The molecule has 0 radical (unpaired) electrons. The second-order valence-electron chi connectivity index (χ2n) is 7.42. The summed E-state index contributed by atoms with van der Waals surface area (Å²) >= 11 is 0. The molecule has 0 saturated heterocycles. The van der Waals surface area contributed by atoms with Crippen molar-refractivity contribution < 1.29 is 8.42 Å². The minimum absolute atomic E-state index is 0.0246. The van der Waals surface area contributed by atoms with Crippen molar-refractivity contribution in [3.63, 3.8) is 0 Å². The maximum absolute atomic E-state index is 13.1. The van der Waals surface area contributed by atoms with Gasteiger partial charge in [-0.05, 0) is 31.0 Å². The molecular weight excluding hydrogens is 422 g/mol. The van der Waals surface area contributed by atoms with Crippen molar-refractivity contribution in [2.45, 2.75) is 36.4 Å². The van der Waals surface area contributed by atoms with Crippen molar-refractivity contribution in [2.75, 3.05) is 0 Å². The van der Waals surface area contributed by atoms with E-state index in [0.29, 0.717) is 18.4 Å². The van der Waals surface area contributed by atoms with Gasteiger partial charge in [-0.25, -0.2) is 13.2 Å². The predicted octanol–water partition coefficient (Wildman–Crippen LogP) is -0.197. The van der Waals surface area contributed by atoms with Gasteiger partial charge in [-0.3, -0.25) is 18.6 Å².